The molecule has 21 heavy (non-hydrogen) atoms. The third-order valence-electron chi connectivity index (χ3n) is 5.16. The number of piperazine rings is 1. The predicted octanol–water partition coefficient (Wildman–Crippen LogP) is 2.19. The number of benzene rings is 1. The Hall–Kier alpha value is -0.900. The molecule has 2 atom stereocenters. The smallest absolute Gasteiger partial charge is 0.0234 e. The summed E-state index contributed by atoms with van der Waals surface area (Å²) in [6.07, 6.45) is 2.83. The maximum atomic E-state index is 3.52. The van der Waals surface area contributed by atoms with E-state index in [2.05, 4.69) is 52.4 Å². The van der Waals surface area contributed by atoms with Gasteiger partial charge >= 0.3 is 0 Å². The summed E-state index contributed by atoms with van der Waals surface area (Å²) in [7, 11) is 0. The molecule has 1 heterocycles. The summed E-state index contributed by atoms with van der Waals surface area (Å²) in [5.41, 5.74) is 1.44. The van der Waals surface area contributed by atoms with E-state index in [-0.39, 0.29) is 0 Å². The van der Waals surface area contributed by atoms with Crippen LogP contribution in [0.3, 0.4) is 0 Å². The molecule has 2 aliphatic rings. The minimum Gasteiger partial charge on any atom is -0.317 e. The van der Waals surface area contributed by atoms with Crippen molar-refractivity contribution in [1.29, 1.82) is 0 Å². The monoisotopic (exact) mass is 287 g/mol. The molecule has 1 aromatic carbocycles. The molecule has 2 unspecified atom stereocenters. The summed E-state index contributed by atoms with van der Waals surface area (Å²) in [6, 6.07) is 11.7. The molecule has 1 aliphatic carbocycles. The van der Waals surface area contributed by atoms with Gasteiger partial charge in [0.05, 0.1) is 0 Å². The van der Waals surface area contributed by atoms with Crippen molar-refractivity contribution in [3.63, 3.8) is 0 Å². The molecule has 0 spiro atoms. The van der Waals surface area contributed by atoms with Gasteiger partial charge in [-0.2, -0.15) is 0 Å². The van der Waals surface area contributed by atoms with Gasteiger partial charge in [0, 0.05) is 38.8 Å². The molecule has 0 amide bonds. The number of nitrogens with one attached hydrogen (secondary N) is 1. The van der Waals surface area contributed by atoms with E-state index in [0.29, 0.717) is 0 Å². The molecule has 1 saturated heterocycles. The number of nitrogens with zero attached hydrogens (tertiary/aromatic N) is 2. The molecule has 3 heteroatoms. The Morgan fingerprint density at radius 1 is 1.05 bits per heavy atom. The number of hydrogen-bond acceptors (Lipinski definition) is 3. The highest BCUT2D eigenvalue weighted by Gasteiger charge is 2.36. The fraction of sp³-hybridized carbons (Fsp3) is 0.667. The molecule has 2 fully saturated rings. The third-order valence-corrected chi connectivity index (χ3v) is 5.16. The van der Waals surface area contributed by atoms with Gasteiger partial charge in [-0.3, -0.25) is 9.80 Å². The molecule has 116 valence electrons. The van der Waals surface area contributed by atoms with Gasteiger partial charge in [0.1, 0.15) is 0 Å². The first-order valence-electron chi connectivity index (χ1n) is 8.58. The highest BCUT2D eigenvalue weighted by molar-refractivity contribution is 5.14. The van der Waals surface area contributed by atoms with Gasteiger partial charge in [-0.1, -0.05) is 37.3 Å². The lowest BCUT2D eigenvalue weighted by molar-refractivity contribution is 0.0193. The van der Waals surface area contributed by atoms with Crippen LogP contribution in [-0.4, -0.2) is 55.1 Å². The quantitative estimate of drug-likeness (QED) is 0.865. The largest absolute Gasteiger partial charge is 0.317 e. The minimum atomic E-state index is 0.850. The minimum absolute atomic E-state index is 0.850. The van der Waals surface area contributed by atoms with E-state index in [1.165, 1.54) is 51.1 Å². The van der Waals surface area contributed by atoms with E-state index < -0.39 is 0 Å². The van der Waals surface area contributed by atoms with Crippen molar-refractivity contribution < 1.29 is 0 Å². The average Bonchev–Trinajstić information content (AvgIpc) is 2.50. The summed E-state index contributed by atoms with van der Waals surface area (Å²) in [5, 5.41) is 3.52. The van der Waals surface area contributed by atoms with Gasteiger partial charge in [-0.15, -0.1) is 0 Å². The van der Waals surface area contributed by atoms with Crippen LogP contribution in [0.15, 0.2) is 30.3 Å². The van der Waals surface area contributed by atoms with Crippen LogP contribution in [0.5, 0.6) is 0 Å². The van der Waals surface area contributed by atoms with Crippen LogP contribution in [0.1, 0.15) is 25.3 Å². The second-order valence-corrected chi connectivity index (χ2v) is 6.51. The SMILES string of the molecule is CCNCC1CCC1N1CCN(Cc2ccccc2)CC1. The molecular weight excluding hydrogens is 258 g/mol. The number of hydrogen-bond donors (Lipinski definition) is 1. The van der Waals surface area contributed by atoms with Gasteiger partial charge in [0.2, 0.25) is 0 Å². The first-order valence-corrected chi connectivity index (χ1v) is 8.58. The standard InChI is InChI=1S/C18H29N3/c1-2-19-14-17-8-9-18(17)21-12-10-20(11-13-21)15-16-6-4-3-5-7-16/h3-7,17-19H,2,8-15H2,1H3. The van der Waals surface area contributed by atoms with Crippen LogP contribution < -0.4 is 5.32 Å². The Labute approximate surface area is 129 Å². The van der Waals surface area contributed by atoms with Crippen LogP contribution in [0.4, 0.5) is 0 Å². The summed E-state index contributed by atoms with van der Waals surface area (Å²) < 4.78 is 0. The summed E-state index contributed by atoms with van der Waals surface area (Å²) in [5.74, 6) is 0.894. The van der Waals surface area contributed by atoms with Gasteiger partial charge < -0.3 is 5.32 Å². The molecular formula is C18H29N3. The molecule has 0 radical (unpaired) electrons. The van der Waals surface area contributed by atoms with Crippen molar-refractivity contribution in [2.75, 3.05) is 39.3 Å². The molecule has 1 aromatic rings. The second kappa shape index (κ2) is 7.39. The van der Waals surface area contributed by atoms with Crippen molar-refractivity contribution in [2.24, 2.45) is 5.92 Å². The van der Waals surface area contributed by atoms with Crippen molar-refractivity contribution in [3.8, 4) is 0 Å². The lowest BCUT2D eigenvalue weighted by atomic mass is 9.78. The van der Waals surface area contributed by atoms with E-state index in [9.17, 15) is 0 Å². The highest BCUT2D eigenvalue weighted by atomic mass is 15.3. The lowest BCUT2D eigenvalue weighted by Gasteiger charge is -2.48. The number of rotatable bonds is 6. The zero-order chi connectivity index (χ0) is 14.5. The Morgan fingerprint density at radius 2 is 1.81 bits per heavy atom. The lowest BCUT2D eigenvalue weighted by Crippen LogP contribution is -2.56. The zero-order valence-corrected chi connectivity index (χ0v) is 13.3. The van der Waals surface area contributed by atoms with Gasteiger partial charge in [-0.25, -0.2) is 0 Å². The zero-order valence-electron chi connectivity index (χ0n) is 13.3. The summed E-state index contributed by atoms with van der Waals surface area (Å²) >= 11 is 0. The maximum Gasteiger partial charge on any atom is 0.0234 e. The molecule has 1 saturated carbocycles. The van der Waals surface area contributed by atoms with Crippen molar-refractivity contribution >= 4 is 0 Å². The molecule has 3 nitrogen and oxygen atoms in total. The second-order valence-electron chi connectivity index (χ2n) is 6.51. The van der Waals surface area contributed by atoms with Gasteiger partial charge in [0.15, 0.2) is 0 Å². The van der Waals surface area contributed by atoms with Crippen molar-refractivity contribution in [2.45, 2.75) is 32.4 Å². The molecule has 1 aliphatic heterocycles. The van der Waals surface area contributed by atoms with Gasteiger partial charge in [-0.05, 0) is 37.4 Å². The van der Waals surface area contributed by atoms with Crippen molar-refractivity contribution in [1.82, 2.24) is 15.1 Å². The Bertz CT molecular complexity index is 412. The van der Waals surface area contributed by atoms with Gasteiger partial charge in [0.25, 0.3) is 0 Å². The topological polar surface area (TPSA) is 18.5 Å². The van der Waals surface area contributed by atoms with E-state index in [4.69, 9.17) is 0 Å². The Balaban J connectivity index is 1.43. The van der Waals surface area contributed by atoms with Crippen LogP contribution >= 0.6 is 0 Å². The van der Waals surface area contributed by atoms with Crippen LogP contribution in [0.25, 0.3) is 0 Å². The highest BCUT2D eigenvalue weighted by Crippen LogP contribution is 2.32. The third kappa shape index (κ3) is 3.85. The van der Waals surface area contributed by atoms with E-state index in [1.54, 1.807) is 0 Å². The average molecular weight is 287 g/mol. The summed E-state index contributed by atoms with van der Waals surface area (Å²) in [6.45, 7) is 10.6. The molecule has 1 N–H and O–H groups in total. The Kier molecular flexibility index (Phi) is 5.28. The molecule has 0 bridgehead atoms. The maximum absolute atomic E-state index is 3.52. The normalized spacial score (nSPS) is 27.5. The molecule has 3 rings (SSSR count). The van der Waals surface area contributed by atoms with Crippen molar-refractivity contribution in [3.05, 3.63) is 35.9 Å². The first kappa shape index (κ1) is 15.0. The fourth-order valence-corrected chi connectivity index (χ4v) is 3.69. The van der Waals surface area contributed by atoms with Crippen LogP contribution in [0, 0.1) is 5.92 Å². The fourth-order valence-electron chi connectivity index (χ4n) is 3.69. The van der Waals surface area contributed by atoms with E-state index in [1.807, 2.05) is 0 Å². The Morgan fingerprint density at radius 3 is 2.43 bits per heavy atom. The predicted molar refractivity (Wildman–Crippen MR) is 88.3 cm³/mol. The molecule has 0 aromatic heterocycles. The van der Waals surface area contributed by atoms with E-state index >= 15 is 0 Å². The van der Waals surface area contributed by atoms with Crippen LogP contribution in [-0.2, 0) is 6.54 Å². The summed E-state index contributed by atoms with van der Waals surface area (Å²) in [4.78, 5) is 5.34. The van der Waals surface area contributed by atoms with Crippen LogP contribution in [0.2, 0.25) is 0 Å². The van der Waals surface area contributed by atoms with E-state index in [0.717, 1.165) is 25.0 Å². The first-order chi connectivity index (χ1) is 10.4.